The van der Waals surface area contributed by atoms with Gasteiger partial charge in [-0.2, -0.15) is 0 Å². The number of aryl methyl sites for hydroxylation is 1. The fourth-order valence-corrected chi connectivity index (χ4v) is 3.77. The van der Waals surface area contributed by atoms with E-state index in [1.807, 2.05) is 6.20 Å². The molecule has 1 aromatic rings. The number of hydrogen-bond donors (Lipinski definition) is 1. The average molecular weight is 262 g/mol. The maximum atomic E-state index is 4.31. The van der Waals surface area contributed by atoms with Crippen LogP contribution < -0.4 is 5.32 Å². The van der Waals surface area contributed by atoms with Gasteiger partial charge in [-0.25, -0.2) is 4.98 Å². The molecular formula is C15H26N4. The maximum Gasteiger partial charge on any atom is 0.105 e. The van der Waals surface area contributed by atoms with Crippen molar-refractivity contribution in [2.24, 2.45) is 5.92 Å². The second-order valence-corrected chi connectivity index (χ2v) is 6.00. The zero-order valence-corrected chi connectivity index (χ0v) is 12.0. The summed E-state index contributed by atoms with van der Waals surface area (Å²) < 4.78 is 2.28. The first kappa shape index (κ1) is 13.1. The Hall–Kier alpha value is -0.870. The van der Waals surface area contributed by atoms with E-state index in [1.54, 1.807) is 0 Å². The minimum absolute atomic E-state index is 0.839. The van der Waals surface area contributed by atoms with Crippen LogP contribution >= 0.6 is 0 Å². The quantitative estimate of drug-likeness (QED) is 0.896. The summed E-state index contributed by atoms with van der Waals surface area (Å²) in [6.07, 6.45) is 9.54. The van der Waals surface area contributed by atoms with Crippen LogP contribution in [0.1, 0.15) is 31.5 Å². The first-order chi connectivity index (χ1) is 9.34. The predicted octanol–water partition coefficient (Wildman–Crippen LogP) is 1.66. The summed E-state index contributed by atoms with van der Waals surface area (Å²) in [5.74, 6) is 2.06. The number of rotatable bonds is 4. The van der Waals surface area contributed by atoms with Gasteiger partial charge in [0.25, 0.3) is 0 Å². The molecule has 3 heterocycles. The molecule has 3 rings (SSSR count). The van der Waals surface area contributed by atoms with Crippen LogP contribution in [-0.4, -0.2) is 46.7 Å². The highest BCUT2D eigenvalue weighted by Crippen LogP contribution is 2.29. The molecule has 2 aliphatic heterocycles. The van der Waals surface area contributed by atoms with E-state index in [1.165, 1.54) is 51.9 Å². The van der Waals surface area contributed by atoms with Crippen molar-refractivity contribution in [3.05, 3.63) is 18.2 Å². The zero-order valence-electron chi connectivity index (χ0n) is 12.0. The summed E-state index contributed by atoms with van der Waals surface area (Å²) in [4.78, 5) is 7.04. The van der Waals surface area contributed by atoms with Crippen LogP contribution in [0.4, 0.5) is 0 Å². The smallest absolute Gasteiger partial charge is 0.105 e. The normalized spacial score (nSPS) is 26.1. The van der Waals surface area contributed by atoms with Gasteiger partial charge in [-0.3, -0.25) is 4.90 Å². The maximum absolute atomic E-state index is 4.31. The summed E-state index contributed by atoms with van der Waals surface area (Å²) in [7, 11) is 0. The summed E-state index contributed by atoms with van der Waals surface area (Å²) >= 11 is 0. The summed E-state index contributed by atoms with van der Waals surface area (Å²) in [6.45, 7) is 8.10. The molecule has 4 nitrogen and oxygen atoms in total. The molecule has 106 valence electrons. The monoisotopic (exact) mass is 262 g/mol. The Morgan fingerprint density at radius 1 is 1.26 bits per heavy atom. The molecule has 0 amide bonds. The van der Waals surface area contributed by atoms with E-state index in [4.69, 9.17) is 0 Å². The van der Waals surface area contributed by atoms with Crippen LogP contribution in [0.3, 0.4) is 0 Å². The highest BCUT2D eigenvalue weighted by atomic mass is 15.2. The SMILES string of the molecule is Cc1nccn1CCN1CCCC1C1CCNCC1. The zero-order chi connectivity index (χ0) is 13.1. The number of likely N-dealkylation sites (tertiary alicyclic amines) is 1. The van der Waals surface area contributed by atoms with Crippen molar-refractivity contribution in [3.8, 4) is 0 Å². The van der Waals surface area contributed by atoms with Gasteiger partial charge in [-0.1, -0.05) is 0 Å². The Labute approximate surface area is 116 Å². The Morgan fingerprint density at radius 3 is 2.84 bits per heavy atom. The molecule has 0 spiro atoms. The third-order valence-corrected chi connectivity index (χ3v) is 4.89. The number of hydrogen-bond acceptors (Lipinski definition) is 3. The second-order valence-electron chi connectivity index (χ2n) is 6.00. The number of aromatic nitrogens is 2. The van der Waals surface area contributed by atoms with Gasteiger partial charge < -0.3 is 9.88 Å². The highest BCUT2D eigenvalue weighted by molar-refractivity contribution is 4.91. The van der Waals surface area contributed by atoms with Gasteiger partial charge in [0.1, 0.15) is 5.82 Å². The number of nitrogens with zero attached hydrogens (tertiary/aromatic N) is 3. The van der Waals surface area contributed by atoms with Gasteiger partial charge in [-0.15, -0.1) is 0 Å². The van der Waals surface area contributed by atoms with Gasteiger partial charge in [0.15, 0.2) is 0 Å². The van der Waals surface area contributed by atoms with Crippen molar-refractivity contribution in [1.29, 1.82) is 0 Å². The van der Waals surface area contributed by atoms with Crippen molar-refractivity contribution in [3.63, 3.8) is 0 Å². The van der Waals surface area contributed by atoms with Crippen molar-refractivity contribution in [2.45, 2.75) is 45.2 Å². The second kappa shape index (κ2) is 6.06. The third-order valence-electron chi connectivity index (χ3n) is 4.89. The molecule has 2 fully saturated rings. The Kier molecular flexibility index (Phi) is 4.18. The van der Waals surface area contributed by atoms with Gasteiger partial charge in [0.05, 0.1) is 0 Å². The molecule has 1 atom stereocenters. The predicted molar refractivity (Wildman–Crippen MR) is 77.2 cm³/mol. The molecular weight excluding hydrogens is 236 g/mol. The lowest BCUT2D eigenvalue weighted by Gasteiger charge is -2.34. The third kappa shape index (κ3) is 3.00. The molecule has 2 aliphatic rings. The lowest BCUT2D eigenvalue weighted by molar-refractivity contribution is 0.157. The fourth-order valence-electron chi connectivity index (χ4n) is 3.77. The lowest BCUT2D eigenvalue weighted by atomic mass is 9.89. The summed E-state index contributed by atoms with van der Waals surface area (Å²) in [6, 6.07) is 0.839. The molecule has 1 N–H and O–H groups in total. The summed E-state index contributed by atoms with van der Waals surface area (Å²) in [5.41, 5.74) is 0. The Morgan fingerprint density at radius 2 is 2.11 bits per heavy atom. The van der Waals surface area contributed by atoms with Crippen LogP contribution in [0.5, 0.6) is 0 Å². The van der Waals surface area contributed by atoms with Gasteiger partial charge >= 0.3 is 0 Å². The van der Waals surface area contributed by atoms with Gasteiger partial charge in [0, 0.05) is 31.5 Å². The number of piperidine rings is 1. The molecule has 0 bridgehead atoms. The molecule has 0 radical (unpaired) electrons. The number of nitrogens with one attached hydrogen (secondary N) is 1. The molecule has 0 aliphatic carbocycles. The molecule has 19 heavy (non-hydrogen) atoms. The van der Waals surface area contributed by atoms with E-state index < -0.39 is 0 Å². The van der Waals surface area contributed by atoms with E-state index in [0.717, 1.165) is 24.3 Å². The lowest BCUT2D eigenvalue weighted by Crippen LogP contribution is -2.42. The first-order valence-electron chi connectivity index (χ1n) is 7.77. The molecule has 0 saturated carbocycles. The molecule has 4 heteroatoms. The van der Waals surface area contributed by atoms with E-state index in [2.05, 4.69) is 32.9 Å². The average Bonchev–Trinajstić information content (AvgIpc) is 3.06. The largest absolute Gasteiger partial charge is 0.334 e. The van der Waals surface area contributed by atoms with Gasteiger partial charge in [0.2, 0.25) is 0 Å². The van der Waals surface area contributed by atoms with E-state index in [9.17, 15) is 0 Å². The number of imidazole rings is 1. The van der Waals surface area contributed by atoms with Crippen LogP contribution in [0.25, 0.3) is 0 Å². The standard InChI is InChI=1S/C15H26N4/c1-13-17-8-10-18(13)11-12-19-9-2-3-15(19)14-4-6-16-7-5-14/h8,10,14-16H,2-7,9,11-12H2,1H3. The van der Waals surface area contributed by atoms with Crippen molar-refractivity contribution in [1.82, 2.24) is 19.8 Å². The summed E-state index contributed by atoms with van der Waals surface area (Å²) in [5, 5.41) is 3.48. The minimum atomic E-state index is 0.839. The Bertz CT molecular complexity index is 395. The highest BCUT2D eigenvalue weighted by Gasteiger charge is 2.31. The van der Waals surface area contributed by atoms with E-state index >= 15 is 0 Å². The first-order valence-corrected chi connectivity index (χ1v) is 7.77. The van der Waals surface area contributed by atoms with Crippen molar-refractivity contribution in [2.75, 3.05) is 26.2 Å². The minimum Gasteiger partial charge on any atom is -0.334 e. The molecule has 0 aromatic carbocycles. The van der Waals surface area contributed by atoms with Gasteiger partial charge in [-0.05, 0) is 58.2 Å². The fraction of sp³-hybridized carbons (Fsp3) is 0.800. The Balaban J connectivity index is 1.55. The van der Waals surface area contributed by atoms with Crippen LogP contribution in [0.15, 0.2) is 12.4 Å². The molecule has 2 saturated heterocycles. The topological polar surface area (TPSA) is 33.1 Å². The van der Waals surface area contributed by atoms with Crippen LogP contribution in [0.2, 0.25) is 0 Å². The van der Waals surface area contributed by atoms with E-state index in [0.29, 0.717) is 0 Å². The van der Waals surface area contributed by atoms with Crippen LogP contribution in [0, 0.1) is 12.8 Å². The van der Waals surface area contributed by atoms with Crippen LogP contribution in [-0.2, 0) is 6.54 Å². The van der Waals surface area contributed by atoms with E-state index in [-0.39, 0.29) is 0 Å². The molecule has 1 aromatic heterocycles. The van der Waals surface area contributed by atoms with Crippen molar-refractivity contribution < 1.29 is 0 Å². The van der Waals surface area contributed by atoms with Crippen molar-refractivity contribution >= 4 is 0 Å². The molecule has 1 unspecified atom stereocenters.